The molecule has 3 heteroatoms. The number of carbonyl (C=O) groups excluding carboxylic acids is 2. The highest BCUT2D eigenvalue weighted by molar-refractivity contribution is 6.28. The number of rotatable bonds is 4. The number of aldehydes is 1. The minimum Gasteiger partial charge on any atom is -0.384 e. The summed E-state index contributed by atoms with van der Waals surface area (Å²) in [5.41, 5.74) is 3.19. The number of ketones is 1. The first-order valence-electron chi connectivity index (χ1n) is 5.62. The molecule has 0 saturated carbocycles. The molecule has 0 radical (unpaired) electrons. The number of carbonyl (C=O) groups is 2. The van der Waals surface area contributed by atoms with Crippen molar-refractivity contribution >= 4 is 17.8 Å². The number of nitrogens with one attached hydrogen (secondary N) is 1. The Kier molecular flexibility index (Phi) is 3.04. The topological polar surface area (TPSA) is 46.2 Å². The van der Waals surface area contributed by atoms with Crippen molar-refractivity contribution in [3.63, 3.8) is 0 Å². The van der Waals surface area contributed by atoms with Crippen molar-refractivity contribution < 1.29 is 9.59 Å². The van der Waals surface area contributed by atoms with Gasteiger partial charge in [0, 0.05) is 12.2 Å². The maximum absolute atomic E-state index is 11.4. The molecule has 3 nitrogen and oxygen atoms in total. The molecule has 1 aliphatic heterocycles. The highest BCUT2D eigenvalue weighted by atomic mass is 16.2. The van der Waals surface area contributed by atoms with Crippen LogP contribution in [0.25, 0.3) is 0 Å². The van der Waals surface area contributed by atoms with Gasteiger partial charge in [0.1, 0.15) is 0 Å². The zero-order chi connectivity index (χ0) is 11.5. The Labute approximate surface area is 94.9 Å². The quantitative estimate of drug-likeness (QED) is 0.619. The van der Waals surface area contributed by atoms with Crippen molar-refractivity contribution in [2.45, 2.75) is 25.7 Å². The van der Waals surface area contributed by atoms with E-state index in [2.05, 4.69) is 18.3 Å². The van der Waals surface area contributed by atoms with E-state index < -0.39 is 0 Å². The van der Waals surface area contributed by atoms with Gasteiger partial charge < -0.3 is 5.32 Å². The molecule has 0 aliphatic carbocycles. The van der Waals surface area contributed by atoms with Crippen LogP contribution in [0.5, 0.6) is 0 Å². The average molecular weight is 217 g/mol. The first kappa shape index (κ1) is 10.9. The predicted molar refractivity (Wildman–Crippen MR) is 62.7 cm³/mol. The Morgan fingerprint density at radius 1 is 1.56 bits per heavy atom. The maximum atomic E-state index is 11.4. The summed E-state index contributed by atoms with van der Waals surface area (Å²) in [6.07, 6.45) is 2.52. The second-order valence-electron chi connectivity index (χ2n) is 4.13. The lowest BCUT2D eigenvalue weighted by Crippen LogP contribution is -2.15. The lowest BCUT2D eigenvalue weighted by molar-refractivity contribution is -0.130. The van der Waals surface area contributed by atoms with Gasteiger partial charge in [0.05, 0.1) is 5.92 Å². The normalized spacial score (nSPS) is 17.7. The predicted octanol–water partition coefficient (Wildman–Crippen LogP) is 1.92. The molecule has 16 heavy (non-hydrogen) atoms. The summed E-state index contributed by atoms with van der Waals surface area (Å²) in [5.74, 6) is -0.621. The summed E-state index contributed by atoms with van der Waals surface area (Å²) in [5, 5.41) is 3.16. The summed E-state index contributed by atoms with van der Waals surface area (Å²) < 4.78 is 0. The Balaban J connectivity index is 2.32. The lowest BCUT2D eigenvalue weighted by Gasteiger charge is -2.06. The molecule has 1 aromatic rings. The van der Waals surface area contributed by atoms with Crippen LogP contribution in [0.3, 0.4) is 0 Å². The number of aryl methyl sites for hydroxylation is 1. The number of anilines is 1. The van der Waals surface area contributed by atoms with E-state index in [9.17, 15) is 9.59 Å². The number of hydrogen-bond acceptors (Lipinski definition) is 3. The van der Waals surface area contributed by atoms with Crippen LogP contribution in [0.2, 0.25) is 0 Å². The number of hydrogen-bond donors (Lipinski definition) is 1. The molecule has 1 aromatic carbocycles. The summed E-state index contributed by atoms with van der Waals surface area (Å²) in [6, 6.07) is 6.12. The van der Waals surface area contributed by atoms with E-state index in [4.69, 9.17) is 0 Å². The highest BCUT2D eigenvalue weighted by Gasteiger charge is 2.27. The van der Waals surface area contributed by atoms with Gasteiger partial charge in [0.15, 0.2) is 6.29 Å². The maximum Gasteiger partial charge on any atom is 0.204 e. The van der Waals surface area contributed by atoms with Gasteiger partial charge in [-0.2, -0.15) is 0 Å². The fourth-order valence-corrected chi connectivity index (χ4v) is 2.16. The van der Waals surface area contributed by atoms with Crippen molar-refractivity contribution in [3.05, 3.63) is 29.3 Å². The van der Waals surface area contributed by atoms with E-state index in [1.54, 1.807) is 0 Å². The second-order valence-corrected chi connectivity index (χ2v) is 4.13. The van der Waals surface area contributed by atoms with Crippen molar-refractivity contribution in [2.75, 3.05) is 11.9 Å². The van der Waals surface area contributed by atoms with Crippen LogP contribution in [-0.2, 0) is 16.0 Å². The minimum atomic E-state index is -0.333. The first-order valence-corrected chi connectivity index (χ1v) is 5.62. The van der Waals surface area contributed by atoms with Crippen LogP contribution < -0.4 is 5.32 Å². The molecule has 1 heterocycles. The van der Waals surface area contributed by atoms with Gasteiger partial charge in [-0.1, -0.05) is 25.5 Å². The van der Waals surface area contributed by atoms with Gasteiger partial charge in [-0.15, -0.1) is 0 Å². The Morgan fingerprint density at radius 3 is 3.06 bits per heavy atom. The third kappa shape index (κ3) is 1.85. The average Bonchev–Trinajstić information content (AvgIpc) is 2.71. The van der Waals surface area contributed by atoms with Gasteiger partial charge >= 0.3 is 0 Å². The summed E-state index contributed by atoms with van der Waals surface area (Å²) in [6.45, 7) is 2.67. The van der Waals surface area contributed by atoms with Crippen LogP contribution in [0.1, 0.15) is 30.4 Å². The van der Waals surface area contributed by atoms with Crippen LogP contribution in [0.15, 0.2) is 18.2 Å². The Hall–Kier alpha value is -1.64. The lowest BCUT2D eigenvalue weighted by atomic mass is 9.95. The molecule has 0 amide bonds. The van der Waals surface area contributed by atoms with E-state index in [0.717, 1.165) is 24.1 Å². The first-order chi connectivity index (χ1) is 7.76. The SMILES string of the molecule is CCCc1ccc2c(c1)C(C(=O)C=O)CN2. The number of benzene rings is 1. The third-order valence-electron chi connectivity index (χ3n) is 2.99. The fraction of sp³-hybridized carbons (Fsp3) is 0.385. The largest absolute Gasteiger partial charge is 0.384 e. The molecular formula is C13H15NO2. The van der Waals surface area contributed by atoms with Crippen molar-refractivity contribution in [3.8, 4) is 0 Å². The molecule has 0 spiro atoms. The summed E-state index contributed by atoms with van der Waals surface area (Å²) >= 11 is 0. The summed E-state index contributed by atoms with van der Waals surface area (Å²) in [7, 11) is 0. The third-order valence-corrected chi connectivity index (χ3v) is 2.99. The highest BCUT2D eigenvalue weighted by Crippen LogP contribution is 2.32. The van der Waals surface area contributed by atoms with Gasteiger partial charge in [0.2, 0.25) is 5.78 Å². The van der Waals surface area contributed by atoms with Gasteiger partial charge in [-0.05, 0) is 23.6 Å². The van der Waals surface area contributed by atoms with E-state index >= 15 is 0 Å². The van der Waals surface area contributed by atoms with Crippen molar-refractivity contribution in [2.24, 2.45) is 0 Å². The zero-order valence-electron chi connectivity index (χ0n) is 9.32. The standard InChI is InChI=1S/C13H15NO2/c1-2-3-9-4-5-12-10(6-9)11(7-14-12)13(16)8-15/h4-6,8,11,14H,2-3,7H2,1H3. The molecule has 0 fully saturated rings. The molecule has 1 N–H and O–H groups in total. The molecule has 1 atom stereocenters. The smallest absolute Gasteiger partial charge is 0.204 e. The fourth-order valence-electron chi connectivity index (χ4n) is 2.16. The molecule has 1 unspecified atom stereocenters. The summed E-state index contributed by atoms with van der Waals surface area (Å²) in [4.78, 5) is 22.0. The van der Waals surface area contributed by atoms with E-state index in [1.807, 2.05) is 12.1 Å². The van der Waals surface area contributed by atoms with Crippen molar-refractivity contribution in [1.82, 2.24) is 0 Å². The Bertz CT molecular complexity index is 426. The molecule has 2 rings (SSSR count). The van der Waals surface area contributed by atoms with E-state index in [0.29, 0.717) is 12.8 Å². The molecule has 0 saturated heterocycles. The molecule has 0 bridgehead atoms. The molecule has 1 aliphatic rings. The molecule has 84 valence electrons. The van der Waals surface area contributed by atoms with Gasteiger partial charge in [-0.3, -0.25) is 9.59 Å². The van der Waals surface area contributed by atoms with Crippen LogP contribution in [-0.4, -0.2) is 18.6 Å². The van der Waals surface area contributed by atoms with Crippen molar-refractivity contribution in [1.29, 1.82) is 0 Å². The second kappa shape index (κ2) is 4.47. The van der Waals surface area contributed by atoms with E-state index in [1.165, 1.54) is 5.56 Å². The van der Waals surface area contributed by atoms with Crippen LogP contribution in [0, 0.1) is 0 Å². The van der Waals surface area contributed by atoms with Gasteiger partial charge in [0.25, 0.3) is 0 Å². The number of fused-ring (bicyclic) bond motifs is 1. The molecule has 0 aromatic heterocycles. The van der Waals surface area contributed by atoms with Crippen LogP contribution >= 0.6 is 0 Å². The van der Waals surface area contributed by atoms with Gasteiger partial charge in [-0.25, -0.2) is 0 Å². The Morgan fingerprint density at radius 2 is 2.38 bits per heavy atom. The monoisotopic (exact) mass is 217 g/mol. The van der Waals surface area contributed by atoms with E-state index in [-0.39, 0.29) is 11.7 Å². The molecular weight excluding hydrogens is 202 g/mol. The minimum absolute atomic E-state index is 0.288. The number of Topliss-reactive ketones (excluding diaryl/α,β-unsaturated/α-hetero) is 1. The zero-order valence-corrected chi connectivity index (χ0v) is 9.32. The van der Waals surface area contributed by atoms with Crippen LogP contribution in [0.4, 0.5) is 5.69 Å².